The van der Waals surface area contributed by atoms with Crippen LogP contribution in [0.3, 0.4) is 0 Å². The van der Waals surface area contributed by atoms with E-state index in [0.717, 1.165) is 26.2 Å². The normalized spacial score (nSPS) is 20.2. The van der Waals surface area contributed by atoms with Gasteiger partial charge in [-0.1, -0.05) is 38.1 Å². The zero-order valence-electron chi connectivity index (χ0n) is 12.5. The molecule has 0 bridgehead atoms. The smallest absolute Gasteiger partial charge is 0.0471 e. The second kappa shape index (κ2) is 6.53. The Morgan fingerprint density at radius 1 is 1.21 bits per heavy atom. The summed E-state index contributed by atoms with van der Waals surface area (Å²) >= 11 is 0. The lowest BCUT2D eigenvalue weighted by molar-refractivity contribution is 0.0231. The van der Waals surface area contributed by atoms with Crippen molar-refractivity contribution in [2.24, 2.45) is 5.41 Å². The first kappa shape index (κ1) is 14.5. The first-order valence-electron chi connectivity index (χ1n) is 7.53. The standard InChI is InChI=1S/C17H27NO/c1-4-15-5-7-16(8-6-15)14(2)18-13-17(3)9-11-19-12-10-17/h5-8,14,18H,4,9-13H2,1-3H3. The van der Waals surface area contributed by atoms with Gasteiger partial charge in [0.2, 0.25) is 0 Å². The molecule has 1 aliphatic rings. The van der Waals surface area contributed by atoms with Crippen LogP contribution >= 0.6 is 0 Å². The van der Waals surface area contributed by atoms with Crippen LogP contribution in [0.2, 0.25) is 0 Å². The Kier molecular flexibility index (Phi) is 5.00. The van der Waals surface area contributed by atoms with E-state index in [-0.39, 0.29) is 0 Å². The summed E-state index contributed by atoms with van der Waals surface area (Å²) in [5, 5.41) is 3.69. The molecule has 0 radical (unpaired) electrons. The molecule has 19 heavy (non-hydrogen) atoms. The van der Waals surface area contributed by atoms with E-state index in [1.54, 1.807) is 0 Å². The molecule has 1 aliphatic heterocycles. The molecule has 1 heterocycles. The Morgan fingerprint density at radius 2 is 1.84 bits per heavy atom. The largest absolute Gasteiger partial charge is 0.381 e. The molecule has 1 aromatic rings. The quantitative estimate of drug-likeness (QED) is 0.872. The average molecular weight is 261 g/mol. The molecule has 0 aromatic heterocycles. The van der Waals surface area contributed by atoms with Crippen LogP contribution in [0.25, 0.3) is 0 Å². The summed E-state index contributed by atoms with van der Waals surface area (Å²) in [5.41, 5.74) is 3.19. The molecule has 106 valence electrons. The van der Waals surface area contributed by atoms with Gasteiger partial charge in [-0.3, -0.25) is 0 Å². The summed E-state index contributed by atoms with van der Waals surface area (Å²) in [7, 11) is 0. The summed E-state index contributed by atoms with van der Waals surface area (Å²) in [6.45, 7) is 9.73. The molecule has 1 saturated heterocycles. The molecule has 2 nitrogen and oxygen atoms in total. The number of aryl methyl sites for hydroxylation is 1. The summed E-state index contributed by atoms with van der Waals surface area (Å²) < 4.78 is 5.45. The van der Waals surface area contributed by atoms with Gasteiger partial charge < -0.3 is 10.1 Å². The van der Waals surface area contributed by atoms with Crippen LogP contribution in [0.4, 0.5) is 0 Å². The fourth-order valence-electron chi connectivity index (χ4n) is 2.60. The Labute approximate surface area is 117 Å². The van der Waals surface area contributed by atoms with E-state index in [2.05, 4.69) is 50.4 Å². The minimum absolute atomic E-state index is 0.399. The number of benzene rings is 1. The average Bonchev–Trinajstić information content (AvgIpc) is 2.46. The van der Waals surface area contributed by atoms with E-state index in [9.17, 15) is 0 Å². The summed E-state index contributed by atoms with van der Waals surface area (Å²) in [5.74, 6) is 0. The maximum Gasteiger partial charge on any atom is 0.0471 e. The van der Waals surface area contributed by atoms with Crippen LogP contribution < -0.4 is 5.32 Å². The van der Waals surface area contributed by atoms with Gasteiger partial charge in [0, 0.05) is 25.8 Å². The SMILES string of the molecule is CCc1ccc(C(C)NCC2(C)CCOCC2)cc1. The maximum atomic E-state index is 5.45. The van der Waals surface area contributed by atoms with E-state index in [0.29, 0.717) is 11.5 Å². The van der Waals surface area contributed by atoms with Crippen LogP contribution in [0, 0.1) is 5.41 Å². The first-order chi connectivity index (χ1) is 9.13. The van der Waals surface area contributed by atoms with E-state index in [1.165, 1.54) is 24.0 Å². The predicted octanol–water partition coefficient (Wildman–Crippen LogP) is 3.72. The molecule has 1 aromatic carbocycles. The highest BCUT2D eigenvalue weighted by Gasteiger charge is 2.27. The molecule has 1 atom stereocenters. The topological polar surface area (TPSA) is 21.3 Å². The summed E-state index contributed by atoms with van der Waals surface area (Å²) in [4.78, 5) is 0. The summed E-state index contributed by atoms with van der Waals surface area (Å²) in [6.07, 6.45) is 3.45. The zero-order valence-corrected chi connectivity index (χ0v) is 12.5. The van der Waals surface area contributed by atoms with Crippen molar-refractivity contribution in [1.29, 1.82) is 0 Å². The van der Waals surface area contributed by atoms with Gasteiger partial charge in [-0.2, -0.15) is 0 Å². The first-order valence-corrected chi connectivity index (χ1v) is 7.53. The van der Waals surface area contributed by atoms with Gasteiger partial charge in [0.15, 0.2) is 0 Å². The van der Waals surface area contributed by atoms with Gasteiger partial charge in [0.25, 0.3) is 0 Å². The number of ether oxygens (including phenoxy) is 1. The molecule has 1 fully saturated rings. The Bertz CT molecular complexity index is 379. The molecular formula is C17H27NO. The molecule has 2 heteroatoms. The zero-order chi connectivity index (χ0) is 13.7. The van der Waals surface area contributed by atoms with Crippen LogP contribution in [-0.2, 0) is 11.2 Å². The van der Waals surface area contributed by atoms with E-state index in [4.69, 9.17) is 4.74 Å². The van der Waals surface area contributed by atoms with Gasteiger partial charge in [0.1, 0.15) is 0 Å². The summed E-state index contributed by atoms with van der Waals surface area (Å²) in [6, 6.07) is 9.41. The van der Waals surface area contributed by atoms with Crippen molar-refractivity contribution in [3.05, 3.63) is 35.4 Å². The minimum atomic E-state index is 0.399. The van der Waals surface area contributed by atoms with Crippen molar-refractivity contribution in [2.45, 2.75) is 46.1 Å². The van der Waals surface area contributed by atoms with Crippen molar-refractivity contribution >= 4 is 0 Å². The van der Waals surface area contributed by atoms with Gasteiger partial charge in [-0.15, -0.1) is 0 Å². The number of hydrogen-bond acceptors (Lipinski definition) is 2. The molecule has 0 saturated carbocycles. The lowest BCUT2D eigenvalue weighted by Crippen LogP contribution is -2.37. The van der Waals surface area contributed by atoms with Crippen molar-refractivity contribution in [3.8, 4) is 0 Å². The maximum absolute atomic E-state index is 5.45. The number of rotatable bonds is 5. The fourth-order valence-corrected chi connectivity index (χ4v) is 2.60. The third-order valence-corrected chi connectivity index (χ3v) is 4.42. The third kappa shape index (κ3) is 4.05. The van der Waals surface area contributed by atoms with Crippen molar-refractivity contribution < 1.29 is 4.74 Å². The van der Waals surface area contributed by atoms with Crippen LogP contribution in [0.1, 0.15) is 50.8 Å². The van der Waals surface area contributed by atoms with E-state index < -0.39 is 0 Å². The Hall–Kier alpha value is -0.860. The van der Waals surface area contributed by atoms with Crippen LogP contribution in [0.5, 0.6) is 0 Å². The van der Waals surface area contributed by atoms with E-state index >= 15 is 0 Å². The highest BCUT2D eigenvalue weighted by Crippen LogP contribution is 2.29. The highest BCUT2D eigenvalue weighted by atomic mass is 16.5. The van der Waals surface area contributed by atoms with Crippen molar-refractivity contribution in [3.63, 3.8) is 0 Å². The van der Waals surface area contributed by atoms with Crippen LogP contribution in [0.15, 0.2) is 24.3 Å². The number of hydrogen-bond donors (Lipinski definition) is 1. The van der Waals surface area contributed by atoms with Crippen LogP contribution in [-0.4, -0.2) is 19.8 Å². The van der Waals surface area contributed by atoms with Crippen molar-refractivity contribution in [2.75, 3.05) is 19.8 Å². The fraction of sp³-hybridized carbons (Fsp3) is 0.647. The van der Waals surface area contributed by atoms with Gasteiger partial charge in [-0.05, 0) is 42.7 Å². The van der Waals surface area contributed by atoms with Crippen molar-refractivity contribution in [1.82, 2.24) is 5.32 Å². The Morgan fingerprint density at radius 3 is 2.42 bits per heavy atom. The molecule has 1 N–H and O–H groups in total. The molecule has 0 spiro atoms. The lowest BCUT2D eigenvalue weighted by atomic mass is 9.82. The molecule has 2 rings (SSSR count). The van der Waals surface area contributed by atoms with Gasteiger partial charge >= 0.3 is 0 Å². The molecule has 0 amide bonds. The second-order valence-corrected chi connectivity index (χ2v) is 6.12. The minimum Gasteiger partial charge on any atom is -0.381 e. The molecule has 1 unspecified atom stereocenters. The highest BCUT2D eigenvalue weighted by molar-refractivity contribution is 5.24. The molecule has 0 aliphatic carbocycles. The Balaban J connectivity index is 1.87. The third-order valence-electron chi connectivity index (χ3n) is 4.42. The van der Waals surface area contributed by atoms with E-state index in [1.807, 2.05) is 0 Å². The van der Waals surface area contributed by atoms with Gasteiger partial charge in [-0.25, -0.2) is 0 Å². The van der Waals surface area contributed by atoms with Gasteiger partial charge in [0.05, 0.1) is 0 Å². The monoisotopic (exact) mass is 261 g/mol. The number of nitrogens with one attached hydrogen (secondary N) is 1. The second-order valence-electron chi connectivity index (χ2n) is 6.12. The lowest BCUT2D eigenvalue weighted by Gasteiger charge is -2.34. The molecular weight excluding hydrogens is 234 g/mol. The predicted molar refractivity (Wildman–Crippen MR) is 80.4 cm³/mol.